The van der Waals surface area contributed by atoms with Crippen LogP contribution < -0.4 is 0 Å². The Balaban J connectivity index is 1.51. The first kappa shape index (κ1) is 15.6. The van der Waals surface area contributed by atoms with Gasteiger partial charge in [-0.1, -0.05) is 25.5 Å². The Bertz CT molecular complexity index is 639. The summed E-state index contributed by atoms with van der Waals surface area (Å²) in [6.45, 7) is 6.54. The van der Waals surface area contributed by atoms with E-state index in [9.17, 15) is 9.90 Å². The molecule has 0 aromatic carbocycles. The molecule has 0 spiro atoms. The summed E-state index contributed by atoms with van der Waals surface area (Å²) < 4.78 is 6.00. The van der Waals surface area contributed by atoms with Crippen LogP contribution in [0.1, 0.15) is 65.7 Å². The van der Waals surface area contributed by atoms with Gasteiger partial charge in [-0.15, -0.1) is 0 Å². The fraction of sp³-hybridized carbons (Fsp3) is 0.857. The minimum Gasteiger partial charge on any atom is -0.393 e. The van der Waals surface area contributed by atoms with Crippen molar-refractivity contribution in [2.75, 3.05) is 0 Å². The number of carbonyl (C=O) groups excluding carboxylic acids is 1. The maximum absolute atomic E-state index is 12.4. The maximum atomic E-state index is 12.4. The van der Waals surface area contributed by atoms with Gasteiger partial charge in [0.25, 0.3) is 0 Å². The Morgan fingerprint density at radius 3 is 2.79 bits per heavy atom. The van der Waals surface area contributed by atoms with Gasteiger partial charge in [-0.25, -0.2) is 0 Å². The molecule has 3 nitrogen and oxygen atoms in total. The number of aliphatic hydroxyl groups is 1. The van der Waals surface area contributed by atoms with Crippen molar-refractivity contribution in [2.24, 2.45) is 28.6 Å². The summed E-state index contributed by atoms with van der Waals surface area (Å²) in [6.07, 6.45) is 10.0. The normalized spacial score (nSPS) is 58.0. The molecule has 0 aromatic rings. The SMILES string of the molecule is CC(=O)[C@@]12O[C@@H]1C[C@@H]1[C@H]3CC=C4C[C@@H](O)CC[C@]4(C)[C@@H]3CC[C@@]12C. The van der Waals surface area contributed by atoms with E-state index in [0.29, 0.717) is 11.8 Å². The van der Waals surface area contributed by atoms with Gasteiger partial charge in [-0.3, -0.25) is 4.79 Å². The smallest absolute Gasteiger partial charge is 0.164 e. The van der Waals surface area contributed by atoms with Gasteiger partial charge in [0, 0.05) is 5.41 Å². The third kappa shape index (κ3) is 1.60. The Labute approximate surface area is 144 Å². The Kier molecular flexibility index (Phi) is 2.94. The van der Waals surface area contributed by atoms with Crippen molar-refractivity contribution in [3.8, 4) is 0 Å². The number of ether oxygens (including phenoxy) is 1. The molecule has 0 unspecified atom stereocenters. The molecular weight excluding hydrogens is 300 g/mol. The topological polar surface area (TPSA) is 49.8 Å². The van der Waals surface area contributed by atoms with Crippen molar-refractivity contribution in [2.45, 2.75) is 83.5 Å². The second-order valence-corrected chi connectivity index (χ2v) is 9.75. The van der Waals surface area contributed by atoms with Crippen LogP contribution in [0.2, 0.25) is 0 Å². The third-order valence-corrected chi connectivity index (χ3v) is 9.03. The van der Waals surface area contributed by atoms with Gasteiger partial charge in [0.15, 0.2) is 11.4 Å². The Morgan fingerprint density at radius 2 is 2.04 bits per heavy atom. The molecule has 3 saturated carbocycles. The highest BCUT2D eigenvalue weighted by molar-refractivity contribution is 5.90. The van der Waals surface area contributed by atoms with Crippen LogP contribution in [0.25, 0.3) is 0 Å². The van der Waals surface area contributed by atoms with Crippen LogP contribution in [0, 0.1) is 28.6 Å². The number of allylic oxidation sites excluding steroid dienone is 1. The van der Waals surface area contributed by atoms with E-state index < -0.39 is 5.60 Å². The Morgan fingerprint density at radius 1 is 1.25 bits per heavy atom. The molecule has 3 heteroatoms. The number of epoxide rings is 1. The second kappa shape index (κ2) is 4.54. The fourth-order valence-electron chi connectivity index (χ4n) is 7.71. The molecule has 4 fully saturated rings. The number of rotatable bonds is 1. The van der Waals surface area contributed by atoms with E-state index in [1.165, 1.54) is 12.0 Å². The minimum atomic E-state index is -0.448. The summed E-state index contributed by atoms with van der Waals surface area (Å²) in [4.78, 5) is 12.4. The quantitative estimate of drug-likeness (QED) is 0.590. The molecule has 0 aromatic heterocycles. The molecule has 1 aliphatic heterocycles. The van der Waals surface area contributed by atoms with Crippen LogP contribution in [0.3, 0.4) is 0 Å². The van der Waals surface area contributed by atoms with Gasteiger partial charge < -0.3 is 9.84 Å². The number of carbonyl (C=O) groups is 1. The van der Waals surface area contributed by atoms with Gasteiger partial charge in [0.2, 0.25) is 0 Å². The zero-order valence-corrected chi connectivity index (χ0v) is 15.2. The summed E-state index contributed by atoms with van der Waals surface area (Å²) in [6, 6.07) is 0. The van der Waals surface area contributed by atoms with Crippen LogP contribution in [-0.4, -0.2) is 28.7 Å². The number of ketones is 1. The first-order valence-corrected chi connectivity index (χ1v) is 9.89. The van der Waals surface area contributed by atoms with E-state index in [-0.39, 0.29) is 28.8 Å². The van der Waals surface area contributed by atoms with Crippen LogP contribution in [-0.2, 0) is 9.53 Å². The first-order valence-electron chi connectivity index (χ1n) is 9.89. The lowest BCUT2D eigenvalue weighted by molar-refractivity contribution is -0.135. The molecule has 0 bridgehead atoms. The molecule has 4 aliphatic carbocycles. The van der Waals surface area contributed by atoms with Crippen molar-refractivity contribution in [3.63, 3.8) is 0 Å². The van der Waals surface area contributed by atoms with E-state index >= 15 is 0 Å². The van der Waals surface area contributed by atoms with Crippen molar-refractivity contribution in [1.29, 1.82) is 0 Å². The van der Waals surface area contributed by atoms with Gasteiger partial charge in [-0.05, 0) is 75.0 Å². The van der Waals surface area contributed by atoms with Crippen LogP contribution in [0.4, 0.5) is 0 Å². The van der Waals surface area contributed by atoms with Gasteiger partial charge >= 0.3 is 0 Å². The lowest BCUT2D eigenvalue weighted by atomic mass is 9.47. The molecule has 1 N–H and O–H groups in total. The predicted molar refractivity (Wildman–Crippen MR) is 91.4 cm³/mol. The summed E-state index contributed by atoms with van der Waals surface area (Å²) in [5, 5.41) is 10.1. The standard InChI is InChI=1S/C21H30O3/c1-12(22)21-18(24-21)11-17-15-5-4-13-10-14(23)6-8-19(13,2)16(15)7-9-20(17,21)3/h4,14-18,23H,5-11H2,1-3H3/t14-,15-,16+,17+,18+,19-,20-,21+/m0/s1. The largest absolute Gasteiger partial charge is 0.393 e. The van der Waals surface area contributed by atoms with E-state index in [0.717, 1.165) is 44.4 Å². The highest BCUT2D eigenvalue weighted by Crippen LogP contribution is 2.73. The molecule has 1 saturated heterocycles. The van der Waals surface area contributed by atoms with E-state index in [4.69, 9.17) is 4.74 Å². The average molecular weight is 330 g/mol. The van der Waals surface area contributed by atoms with Crippen molar-refractivity contribution in [1.82, 2.24) is 0 Å². The van der Waals surface area contributed by atoms with E-state index in [1.807, 2.05) is 0 Å². The molecule has 1 heterocycles. The number of Topliss-reactive ketones (excluding diaryl/α,β-unsaturated/α-hetero) is 1. The third-order valence-electron chi connectivity index (χ3n) is 9.03. The molecule has 24 heavy (non-hydrogen) atoms. The molecule has 0 radical (unpaired) electrons. The lowest BCUT2D eigenvalue weighted by Crippen LogP contribution is -2.54. The maximum Gasteiger partial charge on any atom is 0.164 e. The number of hydrogen-bond acceptors (Lipinski definition) is 3. The second-order valence-electron chi connectivity index (χ2n) is 9.75. The lowest BCUT2D eigenvalue weighted by Gasteiger charge is -2.58. The molecule has 5 rings (SSSR count). The first-order chi connectivity index (χ1) is 11.3. The van der Waals surface area contributed by atoms with Crippen LogP contribution in [0.15, 0.2) is 11.6 Å². The molecule has 8 atom stereocenters. The zero-order valence-electron chi connectivity index (χ0n) is 15.2. The van der Waals surface area contributed by atoms with Gasteiger partial charge in [0.1, 0.15) is 0 Å². The fourth-order valence-corrected chi connectivity index (χ4v) is 7.71. The van der Waals surface area contributed by atoms with E-state index in [2.05, 4.69) is 19.9 Å². The zero-order chi connectivity index (χ0) is 16.9. The molecule has 132 valence electrons. The van der Waals surface area contributed by atoms with Crippen molar-refractivity contribution >= 4 is 5.78 Å². The Hall–Kier alpha value is -0.670. The summed E-state index contributed by atoms with van der Waals surface area (Å²) in [5.41, 5.74) is 1.39. The number of hydrogen-bond donors (Lipinski definition) is 1. The molecule has 5 aliphatic rings. The number of fused-ring (bicyclic) bond motifs is 7. The predicted octanol–water partition coefficient (Wildman–Crippen LogP) is 3.65. The summed E-state index contributed by atoms with van der Waals surface area (Å²) in [5.74, 6) is 2.31. The summed E-state index contributed by atoms with van der Waals surface area (Å²) >= 11 is 0. The molecular formula is C21H30O3. The average Bonchev–Trinajstić information content (AvgIpc) is 3.21. The van der Waals surface area contributed by atoms with Crippen molar-refractivity contribution in [3.05, 3.63) is 11.6 Å². The van der Waals surface area contributed by atoms with E-state index in [1.54, 1.807) is 6.92 Å². The minimum absolute atomic E-state index is 0.0422. The van der Waals surface area contributed by atoms with Gasteiger partial charge in [0.05, 0.1) is 12.2 Å². The monoisotopic (exact) mass is 330 g/mol. The summed E-state index contributed by atoms with van der Waals surface area (Å²) in [7, 11) is 0. The highest BCUT2D eigenvalue weighted by Gasteiger charge is 2.79. The van der Waals surface area contributed by atoms with Crippen molar-refractivity contribution < 1.29 is 14.6 Å². The van der Waals surface area contributed by atoms with Gasteiger partial charge in [-0.2, -0.15) is 0 Å². The number of aliphatic hydroxyl groups excluding tert-OH is 1. The molecule has 0 amide bonds. The van der Waals surface area contributed by atoms with Crippen LogP contribution in [0.5, 0.6) is 0 Å². The van der Waals surface area contributed by atoms with Crippen LogP contribution >= 0.6 is 0 Å². The highest BCUT2D eigenvalue weighted by atomic mass is 16.6.